The fourth-order valence-corrected chi connectivity index (χ4v) is 1.67. The summed E-state index contributed by atoms with van der Waals surface area (Å²) in [6.07, 6.45) is 0. The molecule has 1 heterocycles. The van der Waals surface area contributed by atoms with E-state index in [0.717, 1.165) is 0 Å². The SMILES string of the molecule is Fc1cc(Br)c2nc(F)ccc2c1. The number of halogens is 3. The molecule has 13 heavy (non-hydrogen) atoms. The number of rotatable bonds is 0. The van der Waals surface area contributed by atoms with Gasteiger partial charge in [0.2, 0.25) is 5.95 Å². The van der Waals surface area contributed by atoms with Crippen LogP contribution in [0.1, 0.15) is 0 Å². The Hall–Kier alpha value is -1.03. The second-order valence-electron chi connectivity index (χ2n) is 2.59. The van der Waals surface area contributed by atoms with Gasteiger partial charge in [0, 0.05) is 9.86 Å². The standard InChI is InChI=1S/C9H4BrF2N/c10-7-4-6(11)3-5-1-2-8(12)13-9(5)7/h1-4H. The summed E-state index contributed by atoms with van der Waals surface area (Å²) in [5.74, 6) is -0.937. The first-order chi connectivity index (χ1) is 6.16. The third kappa shape index (κ3) is 1.54. The molecule has 66 valence electrons. The van der Waals surface area contributed by atoms with Crippen molar-refractivity contribution in [1.82, 2.24) is 4.98 Å². The van der Waals surface area contributed by atoms with E-state index >= 15 is 0 Å². The highest BCUT2D eigenvalue weighted by atomic mass is 79.9. The van der Waals surface area contributed by atoms with E-state index in [9.17, 15) is 8.78 Å². The van der Waals surface area contributed by atoms with Crippen molar-refractivity contribution in [1.29, 1.82) is 0 Å². The van der Waals surface area contributed by atoms with Crippen LogP contribution in [-0.2, 0) is 0 Å². The normalized spacial score (nSPS) is 10.7. The summed E-state index contributed by atoms with van der Waals surface area (Å²) in [6, 6.07) is 5.26. The number of benzene rings is 1. The molecule has 0 spiro atoms. The van der Waals surface area contributed by atoms with Crippen molar-refractivity contribution in [3.8, 4) is 0 Å². The van der Waals surface area contributed by atoms with Crippen LogP contribution in [-0.4, -0.2) is 4.98 Å². The van der Waals surface area contributed by atoms with Gasteiger partial charge in [0.15, 0.2) is 0 Å². The lowest BCUT2D eigenvalue weighted by Gasteiger charge is -1.99. The molecule has 0 aliphatic carbocycles. The number of hydrogen-bond donors (Lipinski definition) is 0. The van der Waals surface area contributed by atoms with Gasteiger partial charge in [-0.3, -0.25) is 0 Å². The van der Waals surface area contributed by atoms with Gasteiger partial charge >= 0.3 is 0 Å². The van der Waals surface area contributed by atoms with Crippen LogP contribution in [0, 0.1) is 11.8 Å². The summed E-state index contributed by atoms with van der Waals surface area (Å²) in [4.78, 5) is 3.64. The topological polar surface area (TPSA) is 12.9 Å². The smallest absolute Gasteiger partial charge is 0.213 e. The maximum absolute atomic E-state index is 12.8. The van der Waals surface area contributed by atoms with Crippen LogP contribution < -0.4 is 0 Å². The van der Waals surface area contributed by atoms with Gasteiger partial charge in [-0.1, -0.05) is 0 Å². The molecular formula is C9H4BrF2N. The molecule has 0 saturated carbocycles. The fourth-order valence-electron chi connectivity index (χ4n) is 1.13. The second-order valence-corrected chi connectivity index (χ2v) is 3.45. The predicted octanol–water partition coefficient (Wildman–Crippen LogP) is 3.28. The quantitative estimate of drug-likeness (QED) is 0.648. The Morgan fingerprint density at radius 3 is 2.69 bits per heavy atom. The zero-order valence-electron chi connectivity index (χ0n) is 6.39. The van der Waals surface area contributed by atoms with Crippen LogP contribution in [0.15, 0.2) is 28.7 Å². The molecule has 2 rings (SSSR count). The van der Waals surface area contributed by atoms with E-state index in [0.29, 0.717) is 15.4 Å². The lowest BCUT2D eigenvalue weighted by atomic mass is 10.2. The maximum atomic E-state index is 12.8. The molecule has 0 fully saturated rings. The zero-order valence-corrected chi connectivity index (χ0v) is 7.98. The van der Waals surface area contributed by atoms with E-state index in [4.69, 9.17) is 0 Å². The third-order valence-electron chi connectivity index (χ3n) is 1.68. The highest BCUT2D eigenvalue weighted by Crippen LogP contribution is 2.23. The van der Waals surface area contributed by atoms with Crippen molar-refractivity contribution in [3.05, 3.63) is 40.5 Å². The number of fused-ring (bicyclic) bond motifs is 1. The van der Waals surface area contributed by atoms with E-state index in [1.807, 2.05) is 0 Å². The lowest BCUT2D eigenvalue weighted by Crippen LogP contribution is -1.86. The van der Waals surface area contributed by atoms with Gasteiger partial charge in [-0.15, -0.1) is 0 Å². The minimum absolute atomic E-state index is 0.368. The van der Waals surface area contributed by atoms with Gasteiger partial charge in [0.1, 0.15) is 5.82 Å². The average Bonchev–Trinajstić information content (AvgIpc) is 2.06. The highest BCUT2D eigenvalue weighted by Gasteiger charge is 2.03. The molecule has 0 aliphatic rings. The molecule has 4 heteroatoms. The van der Waals surface area contributed by atoms with Crippen molar-refractivity contribution >= 4 is 26.8 Å². The molecule has 0 saturated heterocycles. The van der Waals surface area contributed by atoms with E-state index in [1.54, 1.807) is 0 Å². The molecule has 0 aliphatic heterocycles. The van der Waals surface area contributed by atoms with Crippen molar-refractivity contribution in [3.63, 3.8) is 0 Å². The van der Waals surface area contributed by atoms with Gasteiger partial charge in [-0.25, -0.2) is 9.37 Å². The molecule has 1 aromatic heterocycles. The van der Waals surface area contributed by atoms with Crippen LogP contribution in [0.5, 0.6) is 0 Å². The summed E-state index contributed by atoms with van der Waals surface area (Å²) in [5, 5.41) is 0.577. The molecule has 1 aromatic carbocycles. The van der Waals surface area contributed by atoms with Crippen molar-refractivity contribution < 1.29 is 8.78 Å². The first-order valence-corrected chi connectivity index (χ1v) is 4.37. The summed E-state index contributed by atoms with van der Waals surface area (Å²) in [5.41, 5.74) is 0.432. The number of pyridine rings is 1. The Labute approximate surface area is 81.5 Å². The largest absolute Gasteiger partial charge is 0.219 e. The first kappa shape index (κ1) is 8.56. The van der Waals surface area contributed by atoms with Gasteiger partial charge in [0.05, 0.1) is 5.52 Å². The Morgan fingerprint density at radius 1 is 1.15 bits per heavy atom. The van der Waals surface area contributed by atoms with Gasteiger partial charge in [0.25, 0.3) is 0 Å². The molecule has 1 nitrogen and oxygen atoms in total. The van der Waals surface area contributed by atoms with Crippen LogP contribution in [0.2, 0.25) is 0 Å². The number of nitrogens with zero attached hydrogens (tertiary/aromatic N) is 1. The summed E-state index contributed by atoms with van der Waals surface area (Å²) in [6.45, 7) is 0. The summed E-state index contributed by atoms with van der Waals surface area (Å²) < 4.78 is 26.0. The highest BCUT2D eigenvalue weighted by molar-refractivity contribution is 9.10. The minimum atomic E-state index is -0.570. The number of aromatic nitrogens is 1. The molecule has 0 N–H and O–H groups in total. The monoisotopic (exact) mass is 243 g/mol. The predicted molar refractivity (Wildman–Crippen MR) is 49.4 cm³/mol. The fraction of sp³-hybridized carbons (Fsp3) is 0. The molecule has 0 radical (unpaired) electrons. The van der Waals surface area contributed by atoms with E-state index < -0.39 is 5.95 Å². The Bertz CT molecular complexity index is 470. The lowest BCUT2D eigenvalue weighted by molar-refractivity contribution is 0.588. The van der Waals surface area contributed by atoms with Crippen molar-refractivity contribution in [2.75, 3.05) is 0 Å². The van der Waals surface area contributed by atoms with Crippen LogP contribution >= 0.6 is 15.9 Å². The Kier molecular flexibility index (Phi) is 2.00. The number of hydrogen-bond acceptors (Lipinski definition) is 1. The Morgan fingerprint density at radius 2 is 1.92 bits per heavy atom. The van der Waals surface area contributed by atoms with Crippen molar-refractivity contribution in [2.45, 2.75) is 0 Å². The van der Waals surface area contributed by atoms with E-state index in [2.05, 4.69) is 20.9 Å². The Balaban J connectivity index is 2.87. The molecule has 0 atom stereocenters. The van der Waals surface area contributed by atoms with Crippen LogP contribution in [0.3, 0.4) is 0 Å². The van der Waals surface area contributed by atoms with E-state index in [-0.39, 0.29) is 5.82 Å². The summed E-state index contributed by atoms with van der Waals surface area (Å²) >= 11 is 3.11. The average molecular weight is 244 g/mol. The van der Waals surface area contributed by atoms with Gasteiger partial charge in [-0.05, 0) is 40.2 Å². The maximum Gasteiger partial charge on any atom is 0.213 e. The second kappa shape index (κ2) is 3.03. The minimum Gasteiger partial charge on any atom is -0.219 e. The van der Waals surface area contributed by atoms with Crippen molar-refractivity contribution in [2.24, 2.45) is 0 Å². The molecular weight excluding hydrogens is 240 g/mol. The molecule has 0 amide bonds. The van der Waals surface area contributed by atoms with E-state index in [1.165, 1.54) is 24.3 Å². The van der Waals surface area contributed by atoms with Gasteiger partial charge in [-0.2, -0.15) is 4.39 Å². The van der Waals surface area contributed by atoms with Gasteiger partial charge < -0.3 is 0 Å². The molecule has 2 aromatic rings. The van der Waals surface area contributed by atoms with Crippen LogP contribution in [0.25, 0.3) is 10.9 Å². The zero-order chi connectivity index (χ0) is 9.42. The molecule has 0 bridgehead atoms. The molecule has 0 unspecified atom stereocenters. The van der Waals surface area contributed by atoms with Crippen LogP contribution in [0.4, 0.5) is 8.78 Å². The third-order valence-corrected chi connectivity index (χ3v) is 2.28. The first-order valence-electron chi connectivity index (χ1n) is 3.58. The summed E-state index contributed by atoms with van der Waals surface area (Å²) in [7, 11) is 0.